The lowest BCUT2D eigenvalue weighted by molar-refractivity contribution is 0.0991. The molecule has 0 spiro atoms. The normalized spacial score (nSPS) is 10.4. The van der Waals surface area contributed by atoms with Crippen LogP contribution in [0.1, 0.15) is 49.9 Å². The van der Waals surface area contributed by atoms with Crippen LogP contribution in [-0.4, -0.2) is 25.5 Å². The third-order valence-corrected chi connectivity index (χ3v) is 3.15. The number of benzene rings is 1. The molecule has 1 rings (SSSR count). The summed E-state index contributed by atoms with van der Waals surface area (Å²) in [5.41, 5.74) is 1.70. The number of hydrogen-bond acceptors (Lipinski definition) is 3. The number of hydrogen-bond donors (Lipinski definition) is 1. The zero-order valence-corrected chi connectivity index (χ0v) is 13.3. The van der Waals surface area contributed by atoms with Gasteiger partial charge >= 0.3 is 0 Å². The number of ether oxygens (including phenoxy) is 1. The molecule has 0 bridgehead atoms. The van der Waals surface area contributed by atoms with Crippen LogP contribution in [-0.2, 0) is 0 Å². The van der Waals surface area contributed by atoms with Gasteiger partial charge in [0, 0.05) is 5.56 Å². The molecule has 3 nitrogen and oxygen atoms in total. The third kappa shape index (κ3) is 7.66. The molecule has 21 heavy (non-hydrogen) atoms. The highest BCUT2D eigenvalue weighted by molar-refractivity contribution is 5.97. The van der Waals surface area contributed by atoms with Gasteiger partial charge in [-0.05, 0) is 49.7 Å². The van der Waals surface area contributed by atoms with Crippen LogP contribution in [0.5, 0.6) is 5.75 Å². The molecule has 0 amide bonds. The van der Waals surface area contributed by atoms with Crippen molar-refractivity contribution in [3.8, 4) is 5.75 Å². The van der Waals surface area contributed by atoms with E-state index < -0.39 is 0 Å². The lowest BCUT2D eigenvalue weighted by Crippen LogP contribution is -2.24. The van der Waals surface area contributed by atoms with Gasteiger partial charge in [0.05, 0.1) is 6.54 Å². The molecule has 0 aromatic heterocycles. The predicted molar refractivity (Wildman–Crippen MR) is 88.1 cm³/mol. The first-order valence-electron chi connectivity index (χ1n) is 7.74. The predicted octanol–water partition coefficient (Wildman–Crippen LogP) is 3.99. The van der Waals surface area contributed by atoms with Crippen molar-refractivity contribution in [3.05, 3.63) is 42.0 Å². The van der Waals surface area contributed by atoms with E-state index in [1.807, 2.05) is 31.2 Å². The van der Waals surface area contributed by atoms with Gasteiger partial charge in [-0.15, -0.1) is 0 Å². The van der Waals surface area contributed by atoms with Crippen LogP contribution < -0.4 is 10.1 Å². The molecule has 0 fully saturated rings. The number of unbranched alkanes of at least 4 members (excludes halogenated alkanes) is 3. The van der Waals surface area contributed by atoms with Gasteiger partial charge in [0.25, 0.3) is 0 Å². The minimum absolute atomic E-state index is 0.122. The van der Waals surface area contributed by atoms with Gasteiger partial charge in [-0.3, -0.25) is 4.79 Å². The largest absolute Gasteiger partial charge is 0.489 e. The second-order valence-electron chi connectivity index (χ2n) is 5.43. The minimum Gasteiger partial charge on any atom is -0.489 e. The van der Waals surface area contributed by atoms with Crippen molar-refractivity contribution < 1.29 is 9.53 Å². The molecule has 0 heterocycles. The second-order valence-corrected chi connectivity index (χ2v) is 5.43. The lowest BCUT2D eigenvalue weighted by atomic mass is 10.1. The molecule has 0 radical (unpaired) electrons. The van der Waals surface area contributed by atoms with Crippen LogP contribution in [0.3, 0.4) is 0 Å². The molecule has 1 N–H and O–H groups in total. The van der Waals surface area contributed by atoms with Gasteiger partial charge < -0.3 is 10.1 Å². The van der Waals surface area contributed by atoms with E-state index in [4.69, 9.17) is 4.74 Å². The van der Waals surface area contributed by atoms with E-state index in [1.165, 1.54) is 19.3 Å². The van der Waals surface area contributed by atoms with E-state index in [0.29, 0.717) is 13.2 Å². The highest BCUT2D eigenvalue weighted by Crippen LogP contribution is 2.13. The highest BCUT2D eigenvalue weighted by atomic mass is 16.5. The minimum atomic E-state index is 0.122. The fourth-order valence-corrected chi connectivity index (χ4v) is 1.92. The number of carbonyl (C=O) groups is 1. The van der Waals surface area contributed by atoms with Crippen molar-refractivity contribution in [2.24, 2.45) is 0 Å². The average Bonchev–Trinajstić information content (AvgIpc) is 2.49. The van der Waals surface area contributed by atoms with E-state index in [9.17, 15) is 4.79 Å². The molecule has 1 aromatic carbocycles. The molecule has 116 valence electrons. The Bertz CT molecular complexity index is 437. The maximum absolute atomic E-state index is 12.0. The molecule has 1 aromatic rings. The SMILES string of the molecule is C=C(C)COc1ccc(C(=O)CNCCCCCC)cc1. The zero-order valence-electron chi connectivity index (χ0n) is 13.3. The Morgan fingerprint density at radius 2 is 1.90 bits per heavy atom. The first-order chi connectivity index (χ1) is 10.1. The van der Waals surface area contributed by atoms with E-state index in [2.05, 4.69) is 18.8 Å². The molecule has 0 saturated carbocycles. The zero-order chi connectivity index (χ0) is 15.5. The van der Waals surface area contributed by atoms with Gasteiger partial charge in [0.15, 0.2) is 5.78 Å². The fraction of sp³-hybridized carbons (Fsp3) is 0.500. The first-order valence-corrected chi connectivity index (χ1v) is 7.74. The molecule has 3 heteroatoms. The quantitative estimate of drug-likeness (QED) is 0.380. The summed E-state index contributed by atoms with van der Waals surface area (Å²) in [6.45, 7) is 9.72. The van der Waals surface area contributed by atoms with Crippen LogP contribution in [0.2, 0.25) is 0 Å². The smallest absolute Gasteiger partial charge is 0.176 e. The Balaban J connectivity index is 2.29. The van der Waals surface area contributed by atoms with Crippen LogP contribution >= 0.6 is 0 Å². The van der Waals surface area contributed by atoms with Crippen molar-refractivity contribution in [1.29, 1.82) is 0 Å². The summed E-state index contributed by atoms with van der Waals surface area (Å²) in [4.78, 5) is 12.0. The molecule has 0 aliphatic heterocycles. The second kappa shape index (κ2) is 10.2. The van der Waals surface area contributed by atoms with Crippen molar-refractivity contribution in [2.75, 3.05) is 19.7 Å². The Kier molecular flexibility index (Phi) is 8.44. The number of rotatable bonds is 11. The van der Waals surface area contributed by atoms with Gasteiger partial charge in [-0.25, -0.2) is 0 Å². The Labute approximate surface area is 128 Å². The van der Waals surface area contributed by atoms with Crippen molar-refractivity contribution in [2.45, 2.75) is 39.5 Å². The lowest BCUT2D eigenvalue weighted by Gasteiger charge is -2.07. The van der Waals surface area contributed by atoms with Gasteiger partial charge in [-0.2, -0.15) is 0 Å². The Morgan fingerprint density at radius 1 is 1.19 bits per heavy atom. The van der Waals surface area contributed by atoms with Gasteiger partial charge in [-0.1, -0.05) is 32.8 Å². The monoisotopic (exact) mass is 289 g/mol. The number of carbonyl (C=O) groups excluding carboxylic acids is 1. The molecule has 0 atom stereocenters. The molecule has 0 unspecified atom stereocenters. The summed E-state index contributed by atoms with van der Waals surface area (Å²) in [7, 11) is 0. The van der Waals surface area contributed by atoms with Gasteiger partial charge in [0.2, 0.25) is 0 Å². The molecule has 0 aliphatic carbocycles. The summed E-state index contributed by atoms with van der Waals surface area (Å²) >= 11 is 0. The van der Waals surface area contributed by atoms with Crippen molar-refractivity contribution in [3.63, 3.8) is 0 Å². The third-order valence-electron chi connectivity index (χ3n) is 3.15. The summed E-state index contributed by atoms with van der Waals surface area (Å²) in [6.07, 6.45) is 4.86. The van der Waals surface area contributed by atoms with E-state index in [-0.39, 0.29) is 5.78 Å². The van der Waals surface area contributed by atoms with Crippen molar-refractivity contribution in [1.82, 2.24) is 5.32 Å². The van der Waals surface area contributed by atoms with Crippen LogP contribution in [0, 0.1) is 0 Å². The standard InChI is InChI=1S/C18H27NO2/c1-4-5-6-7-12-19-13-18(20)16-8-10-17(11-9-16)21-14-15(2)3/h8-11,19H,2,4-7,12-14H2,1,3H3. The summed E-state index contributed by atoms with van der Waals surface area (Å²) in [5, 5.41) is 3.20. The highest BCUT2D eigenvalue weighted by Gasteiger charge is 2.05. The summed E-state index contributed by atoms with van der Waals surface area (Å²) in [6, 6.07) is 7.29. The topological polar surface area (TPSA) is 38.3 Å². The maximum Gasteiger partial charge on any atom is 0.176 e. The van der Waals surface area contributed by atoms with Crippen LogP contribution in [0.15, 0.2) is 36.4 Å². The maximum atomic E-state index is 12.0. The van der Waals surface area contributed by atoms with Crippen LogP contribution in [0.4, 0.5) is 0 Å². The van der Waals surface area contributed by atoms with E-state index in [1.54, 1.807) is 0 Å². The molecular formula is C18H27NO2. The van der Waals surface area contributed by atoms with Crippen molar-refractivity contribution >= 4 is 5.78 Å². The Morgan fingerprint density at radius 3 is 2.52 bits per heavy atom. The Hall–Kier alpha value is -1.61. The summed E-state index contributed by atoms with van der Waals surface area (Å²) in [5.74, 6) is 0.888. The fourth-order valence-electron chi connectivity index (χ4n) is 1.92. The van der Waals surface area contributed by atoms with E-state index in [0.717, 1.165) is 29.9 Å². The van der Waals surface area contributed by atoms with Gasteiger partial charge in [0.1, 0.15) is 12.4 Å². The summed E-state index contributed by atoms with van der Waals surface area (Å²) < 4.78 is 5.51. The molecule has 0 saturated heterocycles. The molecular weight excluding hydrogens is 262 g/mol. The van der Waals surface area contributed by atoms with E-state index >= 15 is 0 Å². The van der Waals surface area contributed by atoms with Crippen LogP contribution in [0.25, 0.3) is 0 Å². The molecule has 0 aliphatic rings. The number of nitrogens with one attached hydrogen (secondary N) is 1. The number of ketones is 1. The average molecular weight is 289 g/mol. The first kappa shape index (κ1) is 17.4. The number of Topliss-reactive ketones (excluding diaryl/α,β-unsaturated/α-hetero) is 1.